The highest BCUT2D eigenvalue weighted by molar-refractivity contribution is 5.89. The van der Waals surface area contributed by atoms with E-state index in [1.54, 1.807) is 23.2 Å². The van der Waals surface area contributed by atoms with Crippen LogP contribution in [0.5, 0.6) is 0 Å². The van der Waals surface area contributed by atoms with E-state index in [2.05, 4.69) is 9.88 Å². The number of halogens is 1. The molecular formula is C23H27FN4O2. The Bertz CT molecular complexity index is 892. The first-order valence-corrected chi connectivity index (χ1v) is 10.5. The lowest BCUT2D eigenvalue weighted by Gasteiger charge is -2.24. The van der Waals surface area contributed by atoms with Gasteiger partial charge in [-0.1, -0.05) is 18.2 Å². The molecule has 4 rings (SSSR count). The predicted molar refractivity (Wildman–Crippen MR) is 111 cm³/mol. The molecule has 7 heteroatoms. The molecule has 2 fully saturated rings. The predicted octanol–water partition coefficient (Wildman–Crippen LogP) is 2.30. The molecule has 0 bridgehead atoms. The number of carbonyl (C=O) groups is 2. The van der Waals surface area contributed by atoms with Gasteiger partial charge in [-0.3, -0.25) is 19.5 Å². The molecule has 30 heavy (non-hydrogen) atoms. The molecule has 2 saturated heterocycles. The highest BCUT2D eigenvalue weighted by Gasteiger charge is 2.36. The van der Waals surface area contributed by atoms with E-state index in [4.69, 9.17) is 0 Å². The number of pyridine rings is 1. The first kappa shape index (κ1) is 20.5. The smallest absolute Gasteiger partial charge is 0.228 e. The number of likely N-dealkylation sites (tertiary alicyclic amines) is 1. The van der Waals surface area contributed by atoms with Gasteiger partial charge in [0.2, 0.25) is 11.8 Å². The maximum absolute atomic E-state index is 13.4. The van der Waals surface area contributed by atoms with Crippen LogP contribution in [0.2, 0.25) is 0 Å². The van der Waals surface area contributed by atoms with Crippen molar-refractivity contribution < 1.29 is 14.0 Å². The number of hydrogen-bond acceptors (Lipinski definition) is 4. The van der Waals surface area contributed by atoms with E-state index in [0.29, 0.717) is 26.2 Å². The first-order chi connectivity index (χ1) is 14.6. The minimum Gasteiger partial charge on any atom is -0.341 e. The van der Waals surface area contributed by atoms with E-state index < -0.39 is 0 Å². The summed E-state index contributed by atoms with van der Waals surface area (Å²) in [5, 5.41) is 0. The largest absolute Gasteiger partial charge is 0.341 e. The van der Waals surface area contributed by atoms with Crippen molar-refractivity contribution in [2.75, 3.05) is 32.7 Å². The summed E-state index contributed by atoms with van der Waals surface area (Å²) < 4.78 is 13.4. The highest BCUT2D eigenvalue weighted by atomic mass is 19.1. The zero-order valence-corrected chi connectivity index (χ0v) is 17.0. The van der Waals surface area contributed by atoms with Crippen LogP contribution in [-0.2, 0) is 22.7 Å². The van der Waals surface area contributed by atoms with Gasteiger partial charge in [-0.05, 0) is 36.2 Å². The van der Waals surface area contributed by atoms with Crippen LogP contribution < -0.4 is 0 Å². The molecule has 1 aromatic heterocycles. The van der Waals surface area contributed by atoms with E-state index in [-0.39, 0.29) is 30.0 Å². The number of nitrogens with zero attached hydrogens (tertiary/aromatic N) is 4. The van der Waals surface area contributed by atoms with Gasteiger partial charge in [0, 0.05) is 58.4 Å². The van der Waals surface area contributed by atoms with E-state index in [1.807, 2.05) is 23.1 Å². The molecule has 2 amide bonds. The molecule has 6 nitrogen and oxygen atoms in total. The van der Waals surface area contributed by atoms with E-state index >= 15 is 0 Å². The molecule has 2 aliphatic heterocycles. The normalized spacial score (nSPS) is 20.4. The zero-order valence-electron chi connectivity index (χ0n) is 17.0. The molecule has 2 aliphatic rings. The lowest BCUT2D eigenvalue weighted by molar-refractivity contribution is -0.135. The van der Waals surface area contributed by atoms with Crippen molar-refractivity contribution in [1.29, 1.82) is 0 Å². The van der Waals surface area contributed by atoms with Gasteiger partial charge in [-0.2, -0.15) is 0 Å². The van der Waals surface area contributed by atoms with Crippen molar-refractivity contribution in [2.24, 2.45) is 5.92 Å². The van der Waals surface area contributed by atoms with Gasteiger partial charge in [0.05, 0.1) is 11.6 Å². The summed E-state index contributed by atoms with van der Waals surface area (Å²) in [6, 6.07) is 12.2. The third kappa shape index (κ3) is 5.02. The number of aromatic nitrogens is 1. The van der Waals surface area contributed by atoms with Gasteiger partial charge in [0.15, 0.2) is 0 Å². The molecule has 158 valence electrons. The summed E-state index contributed by atoms with van der Waals surface area (Å²) in [5.41, 5.74) is 1.78. The number of carbonyl (C=O) groups excluding carboxylic acids is 2. The van der Waals surface area contributed by atoms with Gasteiger partial charge < -0.3 is 9.80 Å². The van der Waals surface area contributed by atoms with Gasteiger partial charge in [-0.25, -0.2) is 4.39 Å². The summed E-state index contributed by atoms with van der Waals surface area (Å²) in [6.45, 7) is 4.64. The van der Waals surface area contributed by atoms with Crippen molar-refractivity contribution in [3.8, 4) is 0 Å². The Morgan fingerprint density at radius 1 is 1.07 bits per heavy atom. The van der Waals surface area contributed by atoms with Crippen LogP contribution >= 0.6 is 0 Å². The standard InChI is InChI=1S/C23H27FN4O2/c24-20-6-3-5-18(13-20)15-28-16-19(14-22(28)29)23(30)27-10-4-9-26(11-12-27)17-21-7-1-2-8-25-21/h1-3,5-8,13,19H,4,9-12,14-17H2/t19-/m0/s1. The zero-order chi connectivity index (χ0) is 20.9. The Morgan fingerprint density at radius 3 is 2.77 bits per heavy atom. The van der Waals surface area contributed by atoms with Gasteiger partial charge >= 0.3 is 0 Å². The monoisotopic (exact) mass is 410 g/mol. The van der Waals surface area contributed by atoms with Crippen LogP contribution in [0, 0.1) is 11.7 Å². The van der Waals surface area contributed by atoms with Crippen LogP contribution in [0.3, 0.4) is 0 Å². The SMILES string of the molecule is O=C1C[C@H](C(=O)N2CCCN(Cc3ccccn3)CC2)CN1Cc1cccc(F)c1. The molecule has 0 saturated carbocycles. The number of amides is 2. The Kier molecular flexibility index (Phi) is 6.38. The van der Waals surface area contributed by atoms with Gasteiger partial charge in [0.25, 0.3) is 0 Å². The highest BCUT2D eigenvalue weighted by Crippen LogP contribution is 2.23. The fourth-order valence-electron chi connectivity index (χ4n) is 4.27. The third-order valence-corrected chi connectivity index (χ3v) is 5.84. The number of rotatable bonds is 5. The second-order valence-corrected chi connectivity index (χ2v) is 8.08. The molecular weight excluding hydrogens is 383 g/mol. The van der Waals surface area contributed by atoms with E-state index in [9.17, 15) is 14.0 Å². The van der Waals surface area contributed by atoms with Gasteiger partial charge in [0.1, 0.15) is 5.82 Å². The van der Waals surface area contributed by atoms with Crippen molar-refractivity contribution in [3.63, 3.8) is 0 Å². The van der Waals surface area contributed by atoms with Crippen LogP contribution in [0.4, 0.5) is 4.39 Å². The minimum absolute atomic E-state index is 0.0378. The quantitative estimate of drug-likeness (QED) is 0.759. The molecule has 0 N–H and O–H groups in total. The second kappa shape index (κ2) is 9.34. The number of hydrogen-bond donors (Lipinski definition) is 0. The second-order valence-electron chi connectivity index (χ2n) is 8.08. The van der Waals surface area contributed by atoms with Crippen LogP contribution in [0.1, 0.15) is 24.1 Å². The van der Waals surface area contributed by atoms with E-state index in [1.165, 1.54) is 12.1 Å². The Balaban J connectivity index is 1.31. The fourth-order valence-corrected chi connectivity index (χ4v) is 4.27. The van der Waals surface area contributed by atoms with Crippen molar-refractivity contribution >= 4 is 11.8 Å². The molecule has 0 unspecified atom stereocenters. The maximum atomic E-state index is 13.4. The number of benzene rings is 1. The summed E-state index contributed by atoms with van der Waals surface area (Å²) in [7, 11) is 0. The molecule has 0 aliphatic carbocycles. The summed E-state index contributed by atoms with van der Waals surface area (Å²) >= 11 is 0. The fraction of sp³-hybridized carbons (Fsp3) is 0.435. The molecule has 0 radical (unpaired) electrons. The van der Waals surface area contributed by atoms with Crippen LogP contribution in [-0.4, -0.2) is 64.2 Å². The minimum atomic E-state index is -0.313. The topological polar surface area (TPSA) is 56.8 Å². The summed E-state index contributed by atoms with van der Waals surface area (Å²) in [6.07, 6.45) is 2.95. The molecule has 1 atom stereocenters. The average Bonchev–Trinajstić information content (AvgIpc) is 2.95. The Morgan fingerprint density at radius 2 is 1.97 bits per heavy atom. The maximum Gasteiger partial charge on any atom is 0.228 e. The summed E-state index contributed by atoms with van der Waals surface area (Å²) in [4.78, 5) is 35.8. The lowest BCUT2D eigenvalue weighted by atomic mass is 10.1. The van der Waals surface area contributed by atoms with E-state index in [0.717, 1.165) is 37.3 Å². The molecule has 3 heterocycles. The Hall–Kier alpha value is -2.80. The molecule has 0 spiro atoms. The van der Waals surface area contributed by atoms with Crippen molar-refractivity contribution in [2.45, 2.75) is 25.9 Å². The van der Waals surface area contributed by atoms with Gasteiger partial charge in [-0.15, -0.1) is 0 Å². The molecule has 1 aromatic carbocycles. The first-order valence-electron chi connectivity index (χ1n) is 10.5. The summed E-state index contributed by atoms with van der Waals surface area (Å²) in [5.74, 6) is -0.603. The molecule has 2 aromatic rings. The Labute approximate surface area is 176 Å². The van der Waals surface area contributed by atoms with Crippen LogP contribution in [0.25, 0.3) is 0 Å². The average molecular weight is 410 g/mol. The van der Waals surface area contributed by atoms with Crippen molar-refractivity contribution in [3.05, 3.63) is 65.7 Å². The third-order valence-electron chi connectivity index (χ3n) is 5.84. The van der Waals surface area contributed by atoms with Crippen molar-refractivity contribution in [1.82, 2.24) is 19.7 Å². The van der Waals surface area contributed by atoms with Crippen LogP contribution in [0.15, 0.2) is 48.7 Å². The lowest BCUT2D eigenvalue weighted by Crippen LogP contribution is -2.39.